The Morgan fingerprint density at radius 1 is 1.19 bits per heavy atom. The van der Waals surface area contributed by atoms with Crippen LogP contribution in [0.25, 0.3) is 0 Å². The molecule has 0 aliphatic carbocycles. The summed E-state index contributed by atoms with van der Waals surface area (Å²) in [5, 5.41) is 1.96. The molecule has 2 fully saturated rings. The minimum atomic E-state index is -3.83. The third-order valence-electron chi connectivity index (χ3n) is 5.57. The predicted molar refractivity (Wildman–Crippen MR) is 122 cm³/mol. The molecule has 2 saturated heterocycles. The molecule has 1 aromatic carbocycles. The lowest BCUT2D eigenvalue weighted by atomic mass is 10.2. The number of ether oxygens (including phenoxy) is 1. The summed E-state index contributed by atoms with van der Waals surface area (Å²) in [6.45, 7) is 4.40. The van der Waals surface area contributed by atoms with E-state index in [9.17, 15) is 21.6 Å². The fraction of sp³-hybridized carbons (Fsp3) is 0.450. The van der Waals surface area contributed by atoms with Gasteiger partial charge in [0.1, 0.15) is 0 Å². The summed E-state index contributed by atoms with van der Waals surface area (Å²) in [5.41, 5.74) is 0.142. The number of hydrogen-bond acceptors (Lipinski definition) is 8. The van der Waals surface area contributed by atoms with Gasteiger partial charge in [-0.1, -0.05) is 13.0 Å². The van der Waals surface area contributed by atoms with E-state index in [0.717, 1.165) is 22.3 Å². The highest BCUT2D eigenvalue weighted by atomic mass is 32.2. The Kier molecular flexibility index (Phi) is 6.71. The number of sulfonamides is 2. The lowest BCUT2D eigenvalue weighted by molar-refractivity contribution is -0.119. The van der Waals surface area contributed by atoms with Gasteiger partial charge in [-0.05, 0) is 35.7 Å². The fourth-order valence-electron chi connectivity index (χ4n) is 3.90. The van der Waals surface area contributed by atoms with E-state index in [1.807, 2.05) is 17.5 Å². The van der Waals surface area contributed by atoms with Gasteiger partial charge in [0.25, 0.3) is 0 Å². The molecule has 9 nitrogen and oxygen atoms in total. The summed E-state index contributed by atoms with van der Waals surface area (Å²) in [6, 6.07) is 9.15. The van der Waals surface area contributed by atoms with Crippen molar-refractivity contribution in [3.63, 3.8) is 0 Å². The lowest BCUT2D eigenvalue weighted by Crippen LogP contribution is -2.43. The third-order valence-corrected chi connectivity index (χ3v) is 9.85. The van der Waals surface area contributed by atoms with Gasteiger partial charge < -0.3 is 4.74 Å². The molecule has 12 heteroatoms. The molecule has 1 N–H and O–H groups in total. The van der Waals surface area contributed by atoms with E-state index < -0.39 is 31.9 Å². The normalized spacial score (nSPS) is 22.8. The molecule has 32 heavy (non-hydrogen) atoms. The maximum Gasteiger partial charge on any atom is 0.244 e. The number of carbonyl (C=O) groups excluding carboxylic acids is 1. The van der Waals surface area contributed by atoms with Crippen LogP contribution in [0.15, 0.2) is 46.7 Å². The molecule has 0 bridgehead atoms. The average molecular weight is 500 g/mol. The highest BCUT2D eigenvalue weighted by molar-refractivity contribution is 7.94. The molecule has 0 saturated carbocycles. The number of thiophene rings is 1. The quantitative estimate of drug-likeness (QED) is 0.613. The molecule has 1 aromatic heterocycles. The van der Waals surface area contributed by atoms with E-state index in [-0.39, 0.29) is 28.9 Å². The van der Waals surface area contributed by atoms with Crippen LogP contribution < -0.4 is 9.03 Å². The highest BCUT2D eigenvalue weighted by Gasteiger charge is 2.42. The minimum Gasteiger partial charge on any atom is -0.379 e. The summed E-state index contributed by atoms with van der Waals surface area (Å²) in [5.74, 6) is -1.39. The van der Waals surface area contributed by atoms with Gasteiger partial charge in [0.15, 0.2) is 0 Å². The monoisotopic (exact) mass is 499 g/mol. The summed E-state index contributed by atoms with van der Waals surface area (Å²) < 4.78 is 59.2. The molecule has 2 atom stereocenters. The first-order chi connectivity index (χ1) is 15.2. The molecule has 0 spiro atoms. The SMILES string of the molecule is CC1CS(=O)(=O)N(c2ccc(S(=O)(=O)NCC(c3cccs3)N3CCOCC3)cc2)C1=O. The Hall–Kier alpha value is -1.83. The second-order valence-corrected chi connectivity index (χ2v) is 12.4. The second-order valence-electron chi connectivity index (χ2n) is 7.81. The largest absolute Gasteiger partial charge is 0.379 e. The standard InChI is InChI=1S/C20H25N3O6S3/c1-15-14-31(25,26)23(20(15)24)16-4-6-17(7-5-16)32(27,28)21-13-18(19-3-2-12-30-19)22-8-10-29-11-9-22/h2-7,12,15,18,21H,8-11,13-14H2,1H3. The van der Waals surface area contributed by atoms with Crippen molar-refractivity contribution in [1.82, 2.24) is 9.62 Å². The van der Waals surface area contributed by atoms with Crippen molar-refractivity contribution in [3.8, 4) is 0 Å². The zero-order valence-corrected chi connectivity index (χ0v) is 20.0. The summed E-state index contributed by atoms with van der Waals surface area (Å²) in [6.07, 6.45) is 0. The predicted octanol–water partition coefficient (Wildman–Crippen LogP) is 1.41. The first-order valence-electron chi connectivity index (χ1n) is 10.2. The van der Waals surface area contributed by atoms with Crippen LogP contribution in [0.4, 0.5) is 5.69 Å². The van der Waals surface area contributed by atoms with E-state index in [4.69, 9.17) is 4.74 Å². The van der Waals surface area contributed by atoms with Gasteiger partial charge in [0, 0.05) is 24.5 Å². The molecule has 2 aliphatic rings. The Balaban J connectivity index is 1.50. The molecule has 0 radical (unpaired) electrons. The number of amides is 1. The highest BCUT2D eigenvalue weighted by Crippen LogP contribution is 2.29. The van der Waals surface area contributed by atoms with Crippen molar-refractivity contribution in [3.05, 3.63) is 46.7 Å². The Bertz CT molecular complexity index is 1160. The summed E-state index contributed by atoms with van der Waals surface area (Å²) >= 11 is 1.58. The Morgan fingerprint density at radius 3 is 2.44 bits per heavy atom. The van der Waals surface area contributed by atoms with Gasteiger partial charge in [0.05, 0.1) is 41.5 Å². The smallest absolute Gasteiger partial charge is 0.244 e. The Morgan fingerprint density at radius 2 is 1.88 bits per heavy atom. The van der Waals surface area contributed by atoms with E-state index in [1.165, 1.54) is 24.3 Å². The minimum absolute atomic E-state index is 0.00486. The number of carbonyl (C=O) groups is 1. The molecule has 174 valence electrons. The molecule has 2 unspecified atom stereocenters. The van der Waals surface area contributed by atoms with E-state index >= 15 is 0 Å². The van der Waals surface area contributed by atoms with Crippen molar-refractivity contribution in [2.45, 2.75) is 17.9 Å². The van der Waals surface area contributed by atoms with Crippen LogP contribution in [-0.4, -0.2) is 66.2 Å². The van der Waals surface area contributed by atoms with Crippen molar-refractivity contribution < 1.29 is 26.4 Å². The fourth-order valence-corrected chi connectivity index (χ4v) is 7.62. The first-order valence-corrected chi connectivity index (χ1v) is 14.2. The average Bonchev–Trinajstić information content (AvgIpc) is 3.35. The molecule has 2 aromatic rings. The van der Waals surface area contributed by atoms with Crippen LogP contribution in [0.1, 0.15) is 17.8 Å². The maximum atomic E-state index is 12.9. The maximum absolute atomic E-state index is 12.9. The van der Waals surface area contributed by atoms with Crippen LogP contribution in [0.3, 0.4) is 0 Å². The van der Waals surface area contributed by atoms with Gasteiger partial charge in [-0.25, -0.2) is 25.9 Å². The zero-order valence-electron chi connectivity index (χ0n) is 17.5. The molecular formula is C20H25N3O6S3. The van der Waals surface area contributed by atoms with E-state index in [2.05, 4.69) is 9.62 Å². The molecule has 1 amide bonds. The van der Waals surface area contributed by atoms with Crippen molar-refractivity contribution in [1.29, 1.82) is 0 Å². The number of anilines is 1. The van der Waals surface area contributed by atoms with Crippen LogP contribution >= 0.6 is 11.3 Å². The summed E-state index contributed by atoms with van der Waals surface area (Å²) in [4.78, 5) is 15.5. The number of benzene rings is 1. The van der Waals surface area contributed by atoms with Crippen LogP contribution in [0.5, 0.6) is 0 Å². The van der Waals surface area contributed by atoms with Gasteiger partial charge >= 0.3 is 0 Å². The first kappa shape index (κ1) is 23.3. The molecule has 3 heterocycles. The number of rotatable bonds is 7. The zero-order chi connectivity index (χ0) is 22.9. The lowest BCUT2D eigenvalue weighted by Gasteiger charge is -2.34. The van der Waals surface area contributed by atoms with Crippen LogP contribution in [-0.2, 0) is 29.6 Å². The second kappa shape index (κ2) is 9.20. The molecule has 2 aliphatic heterocycles. The number of hydrogen-bond donors (Lipinski definition) is 1. The van der Waals surface area contributed by atoms with Gasteiger partial charge in [0.2, 0.25) is 26.0 Å². The van der Waals surface area contributed by atoms with Crippen LogP contribution in [0, 0.1) is 5.92 Å². The molecular weight excluding hydrogens is 474 g/mol. The van der Waals surface area contributed by atoms with Crippen LogP contribution in [0.2, 0.25) is 0 Å². The van der Waals surface area contributed by atoms with Crippen molar-refractivity contribution in [2.75, 3.05) is 42.9 Å². The summed E-state index contributed by atoms with van der Waals surface area (Å²) in [7, 11) is -7.58. The van der Waals surface area contributed by atoms with Crippen molar-refractivity contribution >= 4 is 43.0 Å². The van der Waals surface area contributed by atoms with Gasteiger partial charge in [-0.2, -0.15) is 0 Å². The number of nitrogens with one attached hydrogen (secondary N) is 1. The van der Waals surface area contributed by atoms with Gasteiger partial charge in [-0.3, -0.25) is 9.69 Å². The number of nitrogens with zero attached hydrogens (tertiary/aromatic N) is 2. The van der Waals surface area contributed by atoms with E-state index in [0.29, 0.717) is 13.2 Å². The van der Waals surface area contributed by atoms with Gasteiger partial charge in [-0.15, -0.1) is 11.3 Å². The molecule has 4 rings (SSSR count). The third kappa shape index (κ3) is 4.75. The number of morpholine rings is 1. The Labute approximate surface area is 192 Å². The van der Waals surface area contributed by atoms with E-state index in [1.54, 1.807) is 18.3 Å². The topological polar surface area (TPSA) is 113 Å². The van der Waals surface area contributed by atoms with Crippen molar-refractivity contribution in [2.24, 2.45) is 5.92 Å².